The summed E-state index contributed by atoms with van der Waals surface area (Å²) in [5, 5.41) is 24.3. The molecule has 0 spiro atoms. The van der Waals surface area contributed by atoms with Crippen molar-refractivity contribution in [2.45, 2.75) is 19.1 Å². The number of carbonyl (C=O) groups is 1. The number of methoxy groups -OCH3 is 1. The second-order valence-corrected chi connectivity index (χ2v) is 5.15. The normalized spacial score (nSPS) is 16.2. The minimum Gasteiger partial charge on any atom is -0.500 e. The molecule has 1 aromatic carbocycles. The third-order valence-corrected chi connectivity index (χ3v) is 3.28. The second-order valence-electron chi connectivity index (χ2n) is 5.15. The molecule has 1 fully saturated rings. The molecule has 0 saturated carbocycles. The van der Waals surface area contributed by atoms with Gasteiger partial charge in [0.25, 0.3) is 0 Å². The van der Waals surface area contributed by atoms with E-state index in [1.54, 1.807) is 6.92 Å². The Bertz CT molecular complexity index is 669. The molecule has 1 saturated heterocycles. The molecule has 0 bridgehead atoms. The van der Waals surface area contributed by atoms with Crippen molar-refractivity contribution in [1.82, 2.24) is 5.43 Å². The van der Waals surface area contributed by atoms with Gasteiger partial charge in [0.2, 0.25) is 11.7 Å². The largest absolute Gasteiger partial charge is 0.500 e. The lowest BCUT2D eigenvalue weighted by atomic mass is 10.2. The van der Waals surface area contributed by atoms with Crippen LogP contribution in [0.15, 0.2) is 17.2 Å². The first kappa shape index (κ1) is 17.6. The number of nitro benzene ring substituents is 1. The van der Waals surface area contributed by atoms with Crippen LogP contribution in [0.3, 0.4) is 0 Å². The molecule has 1 aromatic rings. The molecule has 10 nitrogen and oxygen atoms in total. The number of rotatable bonds is 6. The molecule has 1 amide bonds. The van der Waals surface area contributed by atoms with Crippen molar-refractivity contribution in [3.05, 3.63) is 27.8 Å². The van der Waals surface area contributed by atoms with E-state index >= 15 is 0 Å². The highest BCUT2D eigenvalue weighted by Crippen LogP contribution is 2.36. The molecule has 24 heavy (non-hydrogen) atoms. The molecule has 0 radical (unpaired) electrons. The third-order valence-electron chi connectivity index (χ3n) is 3.28. The number of hydrazone groups is 1. The number of amides is 1. The van der Waals surface area contributed by atoms with Crippen molar-refractivity contribution in [3.63, 3.8) is 0 Å². The van der Waals surface area contributed by atoms with E-state index in [9.17, 15) is 20.0 Å². The smallest absolute Gasteiger partial charge is 0.315 e. The molecule has 10 heteroatoms. The van der Waals surface area contributed by atoms with Gasteiger partial charge in [-0.3, -0.25) is 14.9 Å². The van der Waals surface area contributed by atoms with Gasteiger partial charge < -0.3 is 19.3 Å². The topological polar surface area (TPSA) is 133 Å². The van der Waals surface area contributed by atoms with Crippen LogP contribution in [0.25, 0.3) is 0 Å². The fourth-order valence-corrected chi connectivity index (χ4v) is 2.15. The van der Waals surface area contributed by atoms with E-state index < -0.39 is 28.1 Å². The number of hydrogen-bond donors (Lipinski definition) is 2. The molecule has 0 atom stereocenters. The van der Waals surface area contributed by atoms with E-state index in [0.717, 1.165) is 6.07 Å². The SMILES string of the molecule is COc1cc(/C=N/NC(=O)CC2(C)OCCO2)cc([N+](=O)[O-])c1O. The Hall–Kier alpha value is -2.72. The number of aromatic hydroxyl groups is 1. The predicted octanol–water partition coefficient (Wildman–Crippen LogP) is 0.912. The Morgan fingerprint density at radius 2 is 2.21 bits per heavy atom. The minimum atomic E-state index is -0.972. The first-order valence-corrected chi connectivity index (χ1v) is 7.00. The van der Waals surface area contributed by atoms with Crippen LogP contribution in [0.4, 0.5) is 5.69 Å². The Morgan fingerprint density at radius 3 is 2.79 bits per heavy atom. The third kappa shape index (κ3) is 4.18. The predicted molar refractivity (Wildman–Crippen MR) is 82.0 cm³/mol. The first-order valence-electron chi connectivity index (χ1n) is 7.00. The number of nitrogens with zero attached hydrogens (tertiary/aromatic N) is 2. The summed E-state index contributed by atoms with van der Waals surface area (Å²) in [5.74, 6) is -2.06. The molecule has 2 rings (SSSR count). The van der Waals surface area contributed by atoms with E-state index in [4.69, 9.17) is 14.2 Å². The van der Waals surface area contributed by atoms with E-state index in [0.29, 0.717) is 13.2 Å². The van der Waals surface area contributed by atoms with Crippen molar-refractivity contribution >= 4 is 17.8 Å². The molecule has 130 valence electrons. The van der Waals surface area contributed by atoms with E-state index in [1.165, 1.54) is 19.4 Å². The van der Waals surface area contributed by atoms with Gasteiger partial charge in [0.15, 0.2) is 11.5 Å². The highest BCUT2D eigenvalue weighted by Gasteiger charge is 2.33. The lowest BCUT2D eigenvalue weighted by molar-refractivity contribution is -0.386. The van der Waals surface area contributed by atoms with E-state index in [2.05, 4.69) is 10.5 Å². The van der Waals surface area contributed by atoms with Crippen LogP contribution in [-0.4, -0.2) is 48.3 Å². The second kappa shape index (κ2) is 7.23. The maximum Gasteiger partial charge on any atom is 0.315 e. The minimum absolute atomic E-state index is 0.0383. The molecular formula is C14H17N3O7. The Kier molecular flexibility index (Phi) is 5.31. The Morgan fingerprint density at radius 1 is 1.54 bits per heavy atom. The Balaban J connectivity index is 2.04. The maximum absolute atomic E-state index is 11.8. The zero-order chi connectivity index (χ0) is 17.7. The van der Waals surface area contributed by atoms with Crippen LogP contribution in [0, 0.1) is 10.1 Å². The molecule has 0 aromatic heterocycles. The number of nitro groups is 1. The van der Waals surface area contributed by atoms with Crippen molar-refractivity contribution in [1.29, 1.82) is 0 Å². The van der Waals surface area contributed by atoms with Gasteiger partial charge in [0.1, 0.15) is 0 Å². The molecule has 2 N–H and O–H groups in total. The summed E-state index contributed by atoms with van der Waals surface area (Å²) in [7, 11) is 1.27. The van der Waals surface area contributed by atoms with Crippen molar-refractivity contribution in [2.24, 2.45) is 5.10 Å². The summed E-state index contributed by atoms with van der Waals surface area (Å²) in [6.45, 7) is 2.49. The monoisotopic (exact) mass is 339 g/mol. The maximum atomic E-state index is 11.8. The van der Waals surface area contributed by atoms with Gasteiger partial charge in [0, 0.05) is 11.6 Å². The summed E-state index contributed by atoms with van der Waals surface area (Å²) in [4.78, 5) is 21.9. The van der Waals surface area contributed by atoms with E-state index in [-0.39, 0.29) is 17.7 Å². The highest BCUT2D eigenvalue weighted by atomic mass is 16.7. The number of hydrogen-bond acceptors (Lipinski definition) is 8. The van der Waals surface area contributed by atoms with Gasteiger partial charge in [-0.1, -0.05) is 0 Å². The van der Waals surface area contributed by atoms with Crippen LogP contribution >= 0.6 is 0 Å². The molecule has 1 heterocycles. The van der Waals surface area contributed by atoms with Gasteiger partial charge in [0.05, 0.1) is 37.9 Å². The molecule has 1 aliphatic heterocycles. The molecule has 0 aliphatic carbocycles. The molecular weight excluding hydrogens is 322 g/mol. The van der Waals surface area contributed by atoms with Crippen LogP contribution in [0.5, 0.6) is 11.5 Å². The van der Waals surface area contributed by atoms with Gasteiger partial charge in [-0.05, 0) is 13.0 Å². The summed E-state index contributed by atoms with van der Waals surface area (Å²) in [5.41, 5.74) is 2.03. The lowest BCUT2D eigenvalue weighted by Crippen LogP contribution is -2.33. The van der Waals surface area contributed by atoms with Crippen LogP contribution < -0.4 is 10.2 Å². The number of phenolic OH excluding ortho intramolecular Hbond substituents is 1. The highest BCUT2D eigenvalue weighted by molar-refractivity contribution is 5.85. The van der Waals surface area contributed by atoms with Crippen LogP contribution in [0.2, 0.25) is 0 Å². The number of benzene rings is 1. The Labute approximate surface area is 137 Å². The lowest BCUT2D eigenvalue weighted by Gasteiger charge is -2.20. The summed E-state index contributed by atoms with van der Waals surface area (Å²) >= 11 is 0. The zero-order valence-electron chi connectivity index (χ0n) is 13.1. The van der Waals surface area contributed by atoms with Crippen molar-refractivity contribution in [3.8, 4) is 11.5 Å². The first-order chi connectivity index (χ1) is 11.3. The van der Waals surface area contributed by atoms with Gasteiger partial charge >= 0.3 is 5.69 Å². The van der Waals surface area contributed by atoms with Gasteiger partial charge in [-0.25, -0.2) is 5.43 Å². The summed E-state index contributed by atoms with van der Waals surface area (Å²) in [6.07, 6.45) is 1.16. The van der Waals surface area contributed by atoms with E-state index in [1.807, 2.05) is 0 Å². The van der Waals surface area contributed by atoms with Crippen LogP contribution in [-0.2, 0) is 14.3 Å². The van der Waals surface area contributed by atoms with Gasteiger partial charge in [-0.15, -0.1) is 0 Å². The standard InChI is InChI=1S/C14H17N3O7/c1-14(23-3-4-24-14)7-12(18)16-15-8-9-5-10(17(20)21)13(19)11(6-9)22-2/h5-6,8,19H,3-4,7H2,1-2H3,(H,16,18)/b15-8+. The molecule has 0 unspecified atom stereocenters. The number of nitrogens with one attached hydrogen (secondary N) is 1. The molecule has 1 aliphatic rings. The zero-order valence-corrected chi connectivity index (χ0v) is 13.1. The average molecular weight is 339 g/mol. The summed E-state index contributed by atoms with van der Waals surface area (Å²) < 4.78 is 15.5. The quantitative estimate of drug-likeness (QED) is 0.447. The van der Waals surface area contributed by atoms with Crippen LogP contribution in [0.1, 0.15) is 18.9 Å². The average Bonchev–Trinajstić information content (AvgIpc) is 2.94. The van der Waals surface area contributed by atoms with Gasteiger partial charge in [-0.2, -0.15) is 5.10 Å². The summed E-state index contributed by atoms with van der Waals surface area (Å²) in [6, 6.07) is 2.46. The number of ether oxygens (including phenoxy) is 3. The number of phenols is 1. The number of carbonyl (C=O) groups excluding carboxylic acids is 1. The fraction of sp³-hybridized carbons (Fsp3) is 0.429. The van der Waals surface area contributed by atoms with Crippen molar-refractivity contribution < 1.29 is 29.0 Å². The fourth-order valence-electron chi connectivity index (χ4n) is 2.15. The van der Waals surface area contributed by atoms with Crippen molar-refractivity contribution in [2.75, 3.05) is 20.3 Å².